The molecule has 0 bridgehead atoms. The highest BCUT2D eigenvalue weighted by Gasteiger charge is 2.16. The Morgan fingerprint density at radius 1 is 1.44 bits per heavy atom. The topological polar surface area (TPSA) is 56.8 Å². The average Bonchev–Trinajstić information content (AvgIpc) is 2.67. The van der Waals surface area contributed by atoms with Gasteiger partial charge in [-0.15, -0.1) is 0 Å². The van der Waals surface area contributed by atoms with Crippen LogP contribution in [0.4, 0.5) is 0 Å². The summed E-state index contributed by atoms with van der Waals surface area (Å²) in [6, 6.07) is 7.83. The summed E-state index contributed by atoms with van der Waals surface area (Å²) in [5.74, 6) is 0. The second-order valence-electron chi connectivity index (χ2n) is 3.57. The zero-order valence-electron chi connectivity index (χ0n) is 8.73. The zero-order valence-corrected chi connectivity index (χ0v) is 9.48. The number of amidine groups is 1. The average molecular weight is 241 g/mol. The first-order valence-corrected chi connectivity index (χ1v) is 5.40. The summed E-state index contributed by atoms with van der Waals surface area (Å²) in [7, 11) is 0. The lowest BCUT2D eigenvalue weighted by Crippen LogP contribution is -2.14. The van der Waals surface area contributed by atoms with Crippen molar-refractivity contribution in [2.45, 2.75) is 12.6 Å². The summed E-state index contributed by atoms with van der Waals surface area (Å²) < 4.78 is 10.5. The third-order valence-electron chi connectivity index (χ3n) is 2.23. The molecular formula is C11H13ClN2O2. The van der Waals surface area contributed by atoms with Crippen LogP contribution in [0, 0.1) is 0 Å². The second kappa shape index (κ2) is 5.18. The van der Waals surface area contributed by atoms with Gasteiger partial charge >= 0.3 is 0 Å². The summed E-state index contributed by atoms with van der Waals surface area (Å²) in [5.41, 5.74) is 6.47. The minimum absolute atomic E-state index is 0.0206. The zero-order chi connectivity index (χ0) is 11.4. The summed E-state index contributed by atoms with van der Waals surface area (Å²) >= 11 is 5.78. The van der Waals surface area contributed by atoms with Crippen LogP contribution in [0.5, 0.6) is 0 Å². The third kappa shape index (κ3) is 3.12. The van der Waals surface area contributed by atoms with E-state index in [9.17, 15) is 0 Å². The Bertz CT molecular complexity index is 378. The monoisotopic (exact) mass is 240 g/mol. The van der Waals surface area contributed by atoms with Crippen molar-refractivity contribution >= 4 is 17.6 Å². The predicted molar refractivity (Wildman–Crippen MR) is 62.5 cm³/mol. The Morgan fingerprint density at radius 2 is 2.19 bits per heavy atom. The Balaban J connectivity index is 1.74. The van der Waals surface area contributed by atoms with Gasteiger partial charge in [-0.2, -0.15) is 0 Å². The Morgan fingerprint density at radius 3 is 2.81 bits per heavy atom. The van der Waals surface area contributed by atoms with Crippen molar-refractivity contribution in [2.75, 3.05) is 13.2 Å². The highest BCUT2D eigenvalue weighted by molar-refractivity contribution is 6.30. The molecule has 1 aliphatic heterocycles. The maximum atomic E-state index is 5.78. The number of nitrogens with two attached hydrogens (primary N) is 1. The van der Waals surface area contributed by atoms with Crippen LogP contribution in [0.25, 0.3) is 0 Å². The summed E-state index contributed by atoms with van der Waals surface area (Å²) in [6.07, 6.45) is 0. The van der Waals surface area contributed by atoms with Gasteiger partial charge < -0.3 is 15.2 Å². The van der Waals surface area contributed by atoms with E-state index in [1.54, 1.807) is 0 Å². The molecule has 0 radical (unpaired) electrons. The number of benzene rings is 1. The maximum absolute atomic E-state index is 5.78. The van der Waals surface area contributed by atoms with Crippen molar-refractivity contribution in [3.05, 3.63) is 34.9 Å². The van der Waals surface area contributed by atoms with Crippen molar-refractivity contribution in [1.29, 1.82) is 0 Å². The van der Waals surface area contributed by atoms with Gasteiger partial charge in [0.15, 0.2) is 0 Å². The minimum Gasteiger partial charge on any atom is -0.463 e. The molecule has 16 heavy (non-hydrogen) atoms. The Hall–Kier alpha value is -1.26. The van der Waals surface area contributed by atoms with Gasteiger partial charge in [0.1, 0.15) is 12.6 Å². The van der Waals surface area contributed by atoms with E-state index in [0.29, 0.717) is 19.8 Å². The standard InChI is InChI=1S/C11H13ClN2O2/c12-9-3-1-8(2-4-9)5-15-6-10-7-16-11(13)14-10/h1-4,10H,5-7H2,(H2,13,14)/t10-/m0/s1. The van der Waals surface area contributed by atoms with Gasteiger partial charge in [0.05, 0.1) is 13.2 Å². The van der Waals surface area contributed by atoms with E-state index in [-0.39, 0.29) is 12.1 Å². The molecule has 0 aliphatic carbocycles. The molecule has 0 saturated heterocycles. The fraction of sp³-hybridized carbons (Fsp3) is 0.364. The van der Waals surface area contributed by atoms with Crippen LogP contribution >= 0.6 is 11.6 Å². The van der Waals surface area contributed by atoms with E-state index >= 15 is 0 Å². The van der Waals surface area contributed by atoms with Crippen LogP contribution < -0.4 is 5.73 Å². The van der Waals surface area contributed by atoms with Gasteiger partial charge in [-0.3, -0.25) is 0 Å². The minimum atomic E-state index is 0.0206. The smallest absolute Gasteiger partial charge is 0.282 e. The largest absolute Gasteiger partial charge is 0.463 e. The summed E-state index contributed by atoms with van der Waals surface area (Å²) in [6.45, 7) is 1.57. The van der Waals surface area contributed by atoms with Crippen LogP contribution in [-0.2, 0) is 16.1 Å². The normalized spacial score (nSPS) is 19.3. The van der Waals surface area contributed by atoms with Gasteiger partial charge in [0, 0.05) is 5.02 Å². The Kier molecular flexibility index (Phi) is 3.64. The van der Waals surface area contributed by atoms with E-state index < -0.39 is 0 Å². The van der Waals surface area contributed by atoms with E-state index in [1.165, 1.54) is 0 Å². The first-order chi connectivity index (χ1) is 7.74. The van der Waals surface area contributed by atoms with Crippen molar-refractivity contribution in [2.24, 2.45) is 10.7 Å². The van der Waals surface area contributed by atoms with E-state index in [1.807, 2.05) is 24.3 Å². The van der Waals surface area contributed by atoms with Crippen molar-refractivity contribution in [3.8, 4) is 0 Å². The molecule has 1 atom stereocenters. The Labute approximate surface area is 99.0 Å². The highest BCUT2D eigenvalue weighted by Crippen LogP contribution is 2.11. The number of hydrogen-bond donors (Lipinski definition) is 1. The first kappa shape index (κ1) is 11.2. The molecule has 1 aromatic rings. The van der Waals surface area contributed by atoms with Crippen LogP contribution in [0.3, 0.4) is 0 Å². The van der Waals surface area contributed by atoms with Crippen LogP contribution in [-0.4, -0.2) is 25.3 Å². The van der Waals surface area contributed by atoms with Gasteiger partial charge in [-0.05, 0) is 17.7 Å². The molecule has 2 N–H and O–H groups in total. The first-order valence-electron chi connectivity index (χ1n) is 5.02. The molecular weight excluding hydrogens is 228 g/mol. The third-order valence-corrected chi connectivity index (χ3v) is 2.48. The number of halogens is 1. The molecule has 2 rings (SSSR count). The molecule has 1 heterocycles. The molecule has 0 spiro atoms. The fourth-order valence-electron chi connectivity index (χ4n) is 1.41. The molecule has 0 unspecified atom stereocenters. The van der Waals surface area contributed by atoms with Crippen molar-refractivity contribution in [1.82, 2.24) is 0 Å². The van der Waals surface area contributed by atoms with Crippen LogP contribution in [0.1, 0.15) is 5.56 Å². The second-order valence-corrected chi connectivity index (χ2v) is 4.01. The van der Waals surface area contributed by atoms with Gasteiger partial charge in [0.25, 0.3) is 6.02 Å². The predicted octanol–water partition coefficient (Wildman–Crippen LogP) is 1.57. The number of nitrogens with zero attached hydrogens (tertiary/aromatic N) is 1. The molecule has 0 aromatic heterocycles. The lowest BCUT2D eigenvalue weighted by molar-refractivity contribution is 0.100. The molecule has 86 valence electrons. The summed E-state index contributed by atoms with van der Waals surface area (Å²) in [5, 5.41) is 0.727. The van der Waals surface area contributed by atoms with Crippen LogP contribution in [0.15, 0.2) is 29.3 Å². The van der Waals surface area contributed by atoms with E-state index in [4.69, 9.17) is 26.8 Å². The van der Waals surface area contributed by atoms with Gasteiger partial charge in [-0.25, -0.2) is 4.99 Å². The fourth-order valence-corrected chi connectivity index (χ4v) is 1.54. The highest BCUT2D eigenvalue weighted by atomic mass is 35.5. The van der Waals surface area contributed by atoms with Gasteiger partial charge in [0.2, 0.25) is 0 Å². The molecule has 0 saturated carbocycles. The van der Waals surface area contributed by atoms with Crippen molar-refractivity contribution in [3.63, 3.8) is 0 Å². The number of aliphatic imine (C=N–C) groups is 1. The molecule has 0 fully saturated rings. The van der Waals surface area contributed by atoms with Gasteiger partial charge in [-0.1, -0.05) is 23.7 Å². The maximum Gasteiger partial charge on any atom is 0.282 e. The lowest BCUT2D eigenvalue weighted by atomic mass is 10.2. The number of hydrogen-bond acceptors (Lipinski definition) is 4. The summed E-state index contributed by atoms with van der Waals surface area (Å²) in [4.78, 5) is 4.06. The van der Waals surface area contributed by atoms with E-state index in [0.717, 1.165) is 10.6 Å². The number of rotatable bonds is 4. The SMILES string of the molecule is NC1=N[C@@H](COCc2ccc(Cl)cc2)CO1. The van der Waals surface area contributed by atoms with Crippen LogP contribution in [0.2, 0.25) is 5.02 Å². The van der Waals surface area contributed by atoms with E-state index in [2.05, 4.69) is 4.99 Å². The molecule has 5 heteroatoms. The molecule has 1 aromatic carbocycles. The number of ether oxygens (including phenoxy) is 2. The lowest BCUT2D eigenvalue weighted by Gasteiger charge is -2.06. The molecule has 1 aliphatic rings. The molecule has 4 nitrogen and oxygen atoms in total. The quantitative estimate of drug-likeness (QED) is 0.869. The van der Waals surface area contributed by atoms with Crippen molar-refractivity contribution < 1.29 is 9.47 Å². The molecule has 0 amide bonds.